The van der Waals surface area contributed by atoms with Gasteiger partial charge in [0, 0.05) is 12.7 Å². The lowest BCUT2D eigenvalue weighted by molar-refractivity contribution is -0.140. The van der Waals surface area contributed by atoms with E-state index in [2.05, 4.69) is 20.9 Å². The number of nitrogens with zero attached hydrogens (tertiary/aromatic N) is 3. The molecule has 5 rings (SSSR count). The smallest absolute Gasteiger partial charge is 0.295 e. The number of amides is 1. The van der Waals surface area contributed by atoms with Crippen LogP contribution in [-0.2, 0) is 16.1 Å². The van der Waals surface area contributed by atoms with Gasteiger partial charge in [-0.25, -0.2) is 4.98 Å². The lowest BCUT2D eigenvalue weighted by Gasteiger charge is -2.26. The van der Waals surface area contributed by atoms with Crippen LogP contribution in [0.1, 0.15) is 28.6 Å². The summed E-state index contributed by atoms with van der Waals surface area (Å²) in [5.41, 5.74) is 2.68. The number of halogens is 1. The highest BCUT2D eigenvalue weighted by Crippen LogP contribution is 2.45. The Balaban J connectivity index is 1.76. The summed E-state index contributed by atoms with van der Waals surface area (Å²) >= 11 is 3.33. The van der Waals surface area contributed by atoms with Gasteiger partial charge in [-0.15, -0.1) is 0 Å². The fourth-order valence-corrected chi connectivity index (χ4v) is 5.06. The molecule has 182 valence electrons. The van der Waals surface area contributed by atoms with Crippen LogP contribution in [0.15, 0.2) is 76.9 Å². The number of aryl methyl sites for hydroxylation is 1. The minimum Gasteiger partial charge on any atom is -0.505 e. The fraction of sp³-hybridized carbons (Fsp3) is 0.148. The normalized spacial score (nSPS) is 17.2. The number of aromatic nitrogens is 2. The fourth-order valence-electron chi connectivity index (χ4n) is 4.60. The second-order valence-electron chi connectivity index (χ2n) is 8.44. The van der Waals surface area contributed by atoms with Crippen LogP contribution in [0, 0.1) is 6.92 Å². The summed E-state index contributed by atoms with van der Waals surface area (Å²) in [4.78, 5) is 32.7. The monoisotopic (exact) mass is 547 g/mol. The molecule has 0 bridgehead atoms. The molecule has 0 radical (unpaired) electrons. The van der Waals surface area contributed by atoms with Crippen molar-refractivity contribution < 1.29 is 24.5 Å². The Morgan fingerprint density at radius 2 is 1.83 bits per heavy atom. The summed E-state index contributed by atoms with van der Waals surface area (Å²) in [6.07, 6.45) is 1.74. The Hall–Kier alpha value is -4.11. The first-order valence-corrected chi connectivity index (χ1v) is 11.9. The van der Waals surface area contributed by atoms with Gasteiger partial charge >= 0.3 is 0 Å². The number of imidazole rings is 1. The predicted octanol–water partition coefficient (Wildman–Crippen LogP) is 4.74. The molecule has 0 aliphatic carbocycles. The van der Waals surface area contributed by atoms with Gasteiger partial charge in [0.1, 0.15) is 11.3 Å². The number of fused-ring (bicyclic) bond motifs is 1. The molecule has 2 N–H and O–H groups in total. The van der Waals surface area contributed by atoms with Crippen molar-refractivity contribution in [3.05, 3.63) is 99.4 Å². The van der Waals surface area contributed by atoms with Crippen LogP contribution in [0.2, 0.25) is 0 Å². The number of Topliss-reactive ketones (excluding diaryl/α,β-unsaturated/α-hetero) is 1. The molecule has 1 amide bonds. The number of carbonyl (C=O) groups excluding carboxylic acids is 2. The Morgan fingerprint density at radius 1 is 1.11 bits per heavy atom. The molecule has 9 heteroatoms. The third-order valence-electron chi connectivity index (χ3n) is 6.25. The molecule has 1 aliphatic heterocycles. The number of likely N-dealkylation sites (tertiary alicyclic amines) is 1. The average molecular weight is 548 g/mol. The lowest BCUT2D eigenvalue weighted by Crippen LogP contribution is -2.29. The van der Waals surface area contributed by atoms with E-state index in [1.807, 2.05) is 36.4 Å². The molecule has 8 nitrogen and oxygen atoms in total. The van der Waals surface area contributed by atoms with Crippen molar-refractivity contribution in [1.82, 2.24) is 14.3 Å². The van der Waals surface area contributed by atoms with Crippen molar-refractivity contribution in [2.45, 2.75) is 19.5 Å². The van der Waals surface area contributed by atoms with Gasteiger partial charge in [0.05, 0.1) is 28.9 Å². The summed E-state index contributed by atoms with van der Waals surface area (Å²) in [6, 6.07) is 16.9. The van der Waals surface area contributed by atoms with Gasteiger partial charge in [-0.3, -0.25) is 14.0 Å². The molecule has 1 aliphatic rings. The van der Waals surface area contributed by atoms with E-state index >= 15 is 0 Å². The first-order valence-electron chi connectivity index (χ1n) is 11.1. The van der Waals surface area contributed by atoms with Gasteiger partial charge in [0.15, 0.2) is 17.3 Å². The summed E-state index contributed by atoms with van der Waals surface area (Å²) in [5, 5.41) is 21.9. The van der Waals surface area contributed by atoms with Crippen molar-refractivity contribution in [2.24, 2.45) is 0 Å². The Kier molecular flexibility index (Phi) is 6.01. The molecular weight excluding hydrogens is 526 g/mol. The number of phenolic OH excluding ortho intramolecular Hbond substituents is 1. The number of aliphatic hydroxyl groups is 1. The first-order chi connectivity index (χ1) is 17.3. The quantitative estimate of drug-likeness (QED) is 0.212. The molecule has 3 heterocycles. The van der Waals surface area contributed by atoms with Crippen LogP contribution in [0.4, 0.5) is 0 Å². The zero-order chi connectivity index (χ0) is 25.6. The number of aliphatic hydroxyl groups excluding tert-OH is 1. The number of carbonyl (C=O) groups is 2. The summed E-state index contributed by atoms with van der Waals surface area (Å²) < 4.78 is 7.32. The molecule has 4 aromatic rings. The number of ether oxygens (including phenoxy) is 1. The maximum atomic E-state index is 13.4. The molecule has 36 heavy (non-hydrogen) atoms. The van der Waals surface area contributed by atoms with E-state index < -0.39 is 17.7 Å². The standard InChI is InChI=1S/C27H22BrN3O5/c1-15-22(30-11-7-6-10-20(30)29-15)25(33)21-23(17-12-18(28)24(32)19(13-17)36-2)31(27(35)26(21)34)14-16-8-4-3-5-9-16/h3-13,23,32-33H,14H2,1-2H3/b25-21+. The van der Waals surface area contributed by atoms with E-state index in [4.69, 9.17) is 4.74 Å². The van der Waals surface area contributed by atoms with Crippen LogP contribution < -0.4 is 4.74 Å². The Labute approximate surface area is 215 Å². The number of methoxy groups -OCH3 is 1. The third kappa shape index (κ3) is 3.81. The van der Waals surface area contributed by atoms with E-state index in [1.165, 1.54) is 12.0 Å². The van der Waals surface area contributed by atoms with Crippen molar-refractivity contribution in [2.75, 3.05) is 7.11 Å². The topological polar surface area (TPSA) is 104 Å². The number of benzene rings is 2. The highest BCUT2D eigenvalue weighted by molar-refractivity contribution is 9.10. The Morgan fingerprint density at radius 3 is 2.56 bits per heavy atom. The van der Waals surface area contributed by atoms with Crippen molar-refractivity contribution >= 4 is 39.0 Å². The second kappa shape index (κ2) is 9.16. The molecule has 1 atom stereocenters. The van der Waals surface area contributed by atoms with Gasteiger partial charge in [-0.2, -0.15) is 0 Å². The lowest BCUT2D eigenvalue weighted by atomic mass is 9.95. The molecule has 2 aromatic carbocycles. The molecule has 0 saturated carbocycles. The van der Waals surface area contributed by atoms with Crippen LogP contribution in [0.25, 0.3) is 11.4 Å². The van der Waals surface area contributed by atoms with Crippen molar-refractivity contribution in [3.63, 3.8) is 0 Å². The summed E-state index contributed by atoms with van der Waals surface area (Å²) in [6.45, 7) is 1.87. The van der Waals surface area contributed by atoms with E-state index in [1.54, 1.807) is 41.8 Å². The number of aromatic hydroxyl groups is 1. The largest absolute Gasteiger partial charge is 0.505 e. The maximum absolute atomic E-state index is 13.4. The molecular formula is C27H22BrN3O5. The number of phenols is 1. The predicted molar refractivity (Wildman–Crippen MR) is 137 cm³/mol. The molecule has 1 unspecified atom stereocenters. The van der Waals surface area contributed by atoms with E-state index in [-0.39, 0.29) is 29.4 Å². The van der Waals surface area contributed by atoms with E-state index in [9.17, 15) is 19.8 Å². The second-order valence-corrected chi connectivity index (χ2v) is 9.30. The molecule has 1 saturated heterocycles. The summed E-state index contributed by atoms with van der Waals surface area (Å²) in [7, 11) is 1.41. The highest BCUT2D eigenvalue weighted by atomic mass is 79.9. The summed E-state index contributed by atoms with van der Waals surface area (Å²) in [5.74, 6) is -1.82. The zero-order valence-corrected chi connectivity index (χ0v) is 21.1. The number of rotatable bonds is 5. The van der Waals surface area contributed by atoms with Crippen LogP contribution in [-0.4, -0.2) is 43.3 Å². The van der Waals surface area contributed by atoms with E-state index in [0.29, 0.717) is 27.1 Å². The van der Waals surface area contributed by atoms with Crippen LogP contribution in [0.5, 0.6) is 11.5 Å². The minimum atomic E-state index is -0.940. The van der Waals surface area contributed by atoms with E-state index in [0.717, 1.165) is 5.56 Å². The number of hydrogen-bond donors (Lipinski definition) is 2. The minimum absolute atomic E-state index is 0.0654. The highest BCUT2D eigenvalue weighted by Gasteiger charge is 2.47. The maximum Gasteiger partial charge on any atom is 0.295 e. The van der Waals surface area contributed by atoms with Gasteiger partial charge in [-0.05, 0) is 58.2 Å². The molecule has 0 spiro atoms. The van der Waals surface area contributed by atoms with Crippen molar-refractivity contribution in [3.8, 4) is 11.5 Å². The number of pyridine rings is 1. The number of hydrogen-bond acceptors (Lipinski definition) is 6. The van der Waals surface area contributed by atoms with Crippen LogP contribution in [0.3, 0.4) is 0 Å². The molecule has 2 aromatic heterocycles. The van der Waals surface area contributed by atoms with Crippen molar-refractivity contribution in [1.29, 1.82) is 0 Å². The van der Waals surface area contributed by atoms with Gasteiger partial charge in [-0.1, -0.05) is 36.4 Å². The number of ketones is 1. The van der Waals surface area contributed by atoms with Gasteiger partial charge < -0.3 is 19.8 Å². The van der Waals surface area contributed by atoms with Gasteiger partial charge in [0.2, 0.25) is 0 Å². The average Bonchev–Trinajstić information content (AvgIpc) is 3.34. The third-order valence-corrected chi connectivity index (χ3v) is 6.86. The zero-order valence-electron chi connectivity index (χ0n) is 19.5. The van der Waals surface area contributed by atoms with Crippen LogP contribution >= 0.6 is 15.9 Å². The Bertz CT molecular complexity index is 1540. The first kappa shape index (κ1) is 23.6. The molecule has 1 fully saturated rings. The van der Waals surface area contributed by atoms with Gasteiger partial charge in [0.25, 0.3) is 11.7 Å². The SMILES string of the molecule is COc1cc(C2/C(=C(\O)c3c(C)nc4ccccn34)C(=O)C(=O)N2Cc2ccccc2)cc(Br)c1O.